The van der Waals surface area contributed by atoms with Gasteiger partial charge in [0, 0.05) is 35.6 Å². The summed E-state index contributed by atoms with van der Waals surface area (Å²) in [6.07, 6.45) is 4.89. The Morgan fingerprint density at radius 3 is 2.58 bits per heavy atom. The molecule has 1 aliphatic heterocycles. The van der Waals surface area contributed by atoms with Crippen LogP contribution < -0.4 is 10.1 Å². The zero-order chi connectivity index (χ0) is 21.5. The summed E-state index contributed by atoms with van der Waals surface area (Å²) in [6.45, 7) is 0. The van der Waals surface area contributed by atoms with Gasteiger partial charge < -0.3 is 5.11 Å². The van der Waals surface area contributed by atoms with E-state index in [1.54, 1.807) is 48.8 Å². The number of carboxylic acids is 1. The van der Waals surface area contributed by atoms with Crippen LogP contribution in [0.15, 0.2) is 58.7 Å². The maximum Gasteiger partial charge on any atom is 0.328 e. The van der Waals surface area contributed by atoms with Gasteiger partial charge in [-0.1, -0.05) is 35.1 Å². The van der Waals surface area contributed by atoms with Crippen LogP contribution >= 0.6 is 22.9 Å². The van der Waals surface area contributed by atoms with E-state index in [4.69, 9.17) is 11.6 Å². The number of aliphatic carboxylic acids is 1. The Morgan fingerprint density at radius 2 is 1.90 bits per heavy atom. The van der Waals surface area contributed by atoms with E-state index in [9.17, 15) is 14.7 Å². The number of benzene rings is 1. The smallest absolute Gasteiger partial charge is 0.328 e. The molecule has 0 unspecified atom stereocenters. The molecule has 0 fully saturated rings. The number of carboxylic acid groups (broad SMARTS) is 1. The normalized spacial score (nSPS) is 16.8. The van der Waals surface area contributed by atoms with E-state index in [0.29, 0.717) is 26.1 Å². The van der Waals surface area contributed by atoms with Crippen LogP contribution in [0.25, 0.3) is 22.5 Å². The van der Waals surface area contributed by atoms with E-state index in [2.05, 4.69) is 20.2 Å². The largest absolute Gasteiger partial charge is 0.480 e. The first-order chi connectivity index (χ1) is 15.0. The van der Waals surface area contributed by atoms with Crippen molar-refractivity contribution in [1.82, 2.24) is 24.6 Å². The SMILES string of the molecule is O=C(O)[C@H]1CC(c2ccc(Cl)cc2)=NN1/C=c1\sc2nc(-c3ccncc3)nn2c1=O. The maximum atomic E-state index is 12.8. The molecular formula is C20H13ClN6O3S. The monoisotopic (exact) mass is 452 g/mol. The van der Waals surface area contributed by atoms with Crippen LogP contribution in [0.4, 0.5) is 0 Å². The predicted octanol–water partition coefficient (Wildman–Crippen LogP) is 1.89. The minimum Gasteiger partial charge on any atom is -0.480 e. The second-order valence-electron chi connectivity index (χ2n) is 6.76. The van der Waals surface area contributed by atoms with E-state index < -0.39 is 12.0 Å². The number of carbonyl (C=O) groups is 1. The number of pyridine rings is 1. The summed E-state index contributed by atoms with van der Waals surface area (Å²) >= 11 is 7.05. The molecule has 1 aliphatic rings. The van der Waals surface area contributed by atoms with Crippen molar-refractivity contribution in [2.45, 2.75) is 12.5 Å². The molecule has 0 saturated carbocycles. The van der Waals surface area contributed by atoms with Crippen LogP contribution in [-0.4, -0.2) is 47.4 Å². The fourth-order valence-electron chi connectivity index (χ4n) is 3.23. The second-order valence-corrected chi connectivity index (χ2v) is 8.20. The molecule has 1 N–H and O–H groups in total. The Labute approximate surface area is 183 Å². The summed E-state index contributed by atoms with van der Waals surface area (Å²) in [5.41, 5.74) is 1.75. The van der Waals surface area contributed by atoms with Gasteiger partial charge in [-0.05, 0) is 29.8 Å². The average molecular weight is 453 g/mol. The molecule has 0 amide bonds. The first kappa shape index (κ1) is 19.3. The number of rotatable bonds is 4. The lowest BCUT2D eigenvalue weighted by molar-refractivity contribution is -0.141. The van der Waals surface area contributed by atoms with E-state index >= 15 is 0 Å². The van der Waals surface area contributed by atoms with Gasteiger partial charge in [0.05, 0.1) is 5.71 Å². The van der Waals surface area contributed by atoms with Gasteiger partial charge in [0.25, 0.3) is 5.56 Å². The summed E-state index contributed by atoms with van der Waals surface area (Å²) in [7, 11) is 0. The minimum absolute atomic E-state index is 0.203. The number of hydrogen-bond acceptors (Lipinski definition) is 8. The van der Waals surface area contributed by atoms with Crippen LogP contribution in [-0.2, 0) is 4.79 Å². The van der Waals surface area contributed by atoms with Crippen molar-refractivity contribution < 1.29 is 9.90 Å². The van der Waals surface area contributed by atoms with E-state index in [1.165, 1.54) is 15.7 Å². The van der Waals surface area contributed by atoms with Crippen molar-refractivity contribution in [2.24, 2.45) is 5.10 Å². The van der Waals surface area contributed by atoms with Crippen molar-refractivity contribution in [2.75, 3.05) is 0 Å². The van der Waals surface area contributed by atoms with Crippen LogP contribution in [0.1, 0.15) is 12.0 Å². The topological polar surface area (TPSA) is 113 Å². The molecule has 5 rings (SSSR count). The van der Waals surface area contributed by atoms with Crippen LogP contribution in [0.2, 0.25) is 5.02 Å². The number of aromatic nitrogens is 4. The number of thiazole rings is 1. The van der Waals surface area contributed by atoms with Gasteiger partial charge in [-0.3, -0.25) is 14.8 Å². The predicted molar refractivity (Wildman–Crippen MR) is 116 cm³/mol. The van der Waals surface area contributed by atoms with Crippen LogP contribution in [0, 0.1) is 0 Å². The summed E-state index contributed by atoms with van der Waals surface area (Å²) in [4.78, 5) is 33.4. The molecule has 4 heterocycles. The van der Waals surface area contributed by atoms with Crippen molar-refractivity contribution >= 4 is 45.8 Å². The molecule has 0 radical (unpaired) electrons. The Hall–Kier alpha value is -3.63. The van der Waals surface area contributed by atoms with Gasteiger partial charge in [-0.2, -0.15) is 14.6 Å². The molecule has 0 saturated heterocycles. The third-order valence-corrected chi connectivity index (χ3v) is 5.97. The molecule has 154 valence electrons. The molecule has 0 bridgehead atoms. The van der Waals surface area contributed by atoms with E-state index in [0.717, 1.165) is 22.5 Å². The summed E-state index contributed by atoms with van der Waals surface area (Å²) in [5, 5.41) is 20.2. The van der Waals surface area contributed by atoms with Crippen molar-refractivity contribution in [3.05, 3.63) is 74.3 Å². The quantitative estimate of drug-likeness (QED) is 0.503. The second kappa shape index (κ2) is 7.56. The fourth-order valence-corrected chi connectivity index (χ4v) is 4.23. The molecule has 0 spiro atoms. The standard InChI is InChI=1S/C20H13ClN6O3S/c21-13-3-1-11(2-4-13)14-9-15(19(29)30)26(24-14)10-16-18(28)27-20(31-16)23-17(25-27)12-5-7-22-8-6-12/h1-8,10,15H,9H2,(H,29,30)/b16-10-/t15-/m1/s1. The maximum absolute atomic E-state index is 12.8. The highest BCUT2D eigenvalue weighted by Crippen LogP contribution is 2.22. The highest BCUT2D eigenvalue weighted by Gasteiger charge is 2.32. The molecule has 3 aromatic heterocycles. The Kier molecular flexibility index (Phi) is 4.72. The first-order valence-electron chi connectivity index (χ1n) is 9.16. The Balaban J connectivity index is 1.54. The minimum atomic E-state index is -1.03. The van der Waals surface area contributed by atoms with Gasteiger partial charge in [0.1, 0.15) is 4.53 Å². The highest BCUT2D eigenvalue weighted by molar-refractivity contribution is 7.15. The Bertz CT molecular complexity index is 1430. The van der Waals surface area contributed by atoms with Crippen molar-refractivity contribution in [3.63, 3.8) is 0 Å². The lowest BCUT2D eigenvalue weighted by Gasteiger charge is -2.14. The van der Waals surface area contributed by atoms with Gasteiger partial charge in [-0.15, -0.1) is 5.10 Å². The van der Waals surface area contributed by atoms with E-state index in [1.807, 2.05) is 0 Å². The lowest BCUT2D eigenvalue weighted by Crippen LogP contribution is -2.34. The highest BCUT2D eigenvalue weighted by atomic mass is 35.5. The number of nitrogens with zero attached hydrogens (tertiary/aromatic N) is 6. The van der Waals surface area contributed by atoms with E-state index in [-0.39, 0.29) is 12.0 Å². The molecule has 31 heavy (non-hydrogen) atoms. The molecule has 0 aliphatic carbocycles. The van der Waals surface area contributed by atoms with Gasteiger partial charge in [0.15, 0.2) is 11.9 Å². The average Bonchev–Trinajstić information content (AvgIpc) is 3.45. The number of hydrogen-bond donors (Lipinski definition) is 1. The van der Waals surface area contributed by atoms with Gasteiger partial charge >= 0.3 is 5.97 Å². The fraction of sp³-hybridized carbons (Fsp3) is 0.100. The van der Waals surface area contributed by atoms with Crippen molar-refractivity contribution in [3.8, 4) is 11.4 Å². The zero-order valence-corrected chi connectivity index (χ0v) is 17.3. The van der Waals surface area contributed by atoms with Gasteiger partial charge in [0.2, 0.25) is 4.96 Å². The van der Waals surface area contributed by atoms with Crippen LogP contribution in [0.5, 0.6) is 0 Å². The lowest BCUT2D eigenvalue weighted by atomic mass is 10.0. The zero-order valence-electron chi connectivity index (χ0n) is 15.7. The molecule has 4 aromatic rings. The molecule has 11 heteroatoms. The molecular weight excluding hydrogens is 440 g/mol. The molecule has 9 nitrogen and oxygen atoms in total. The Morgan fingerprint density at radius 1 is 1.16 bits per heavy atom. The molecule has 1 atom stereocenters. The third kappa shape index (κ3) is 3.56. The summed E-state index contributed by atoms with van der Waals surface area (Å²) in [5.74, 6) is -0.610. The van der Waals surface area contributed by atoms with Gasteiger partial charge in [-0.25, -0.2) is 4.79 Å². The molecule has 1 aromatic carbocycles. The third-order valence-electron chi connectivity index (χ3n) is 4.77. The number of fused-ring (bicyclic) bond motifs is 1. The summed E-state index contributed by atoms with van der Waals surface area (Å²) in [6, 6.07) is 9.60. The first-order valence-corrected chi connectivity index (χ1v) is 10.4. The number of hydrazone groups is 1. The van der Waals surface area contributed by atoms with Crippen molar-refractivity contribution in [1.29, 1.82) is 0 Å². The summed E-state index contributed by atoms with van der Waals surface area (Å²) < 4.78 is 1.51. The van der Waals surface area contributed by atoms with Crippen LogP contribution in [0.3, 0.4) is 0 Å². The number of halogens is 1.